The molecule has 23 heavy (non-hydrogen) atoms. The normalized spacial score (nSPS) is 10.6. The highest BCUT2D eigenvalue weighted by Gasteiger charge is 2.10. The summed E-state index contributed by atoms with van der Waals surface area (Å²) in [4.78, 5) is 24.2. The highest BCUT2D eigenvalue weighted by Crippen LogP contribution is 2.14. The Morgan fingerprint density at radius 2 is 2.09 bits per heavy atom. The lowest BCUT2D eigenvalue weighted by Gasteiger charge is -2.02. The second kappa shape index (κ2) is 7.59. The number of pyridine rings is 1. The van der Waals surface area contributed by atoms with Crippen LogP contribution >= 0.6 is 11.3 Å². The molecule has 0 atom stereocenters. The minimum Gasteiger partial charge on any atom is -0.356 e. The van der Waals surface area contributed by atoms with E-state index in [0.717, 1.165) is 17.0 Å². The van der Waals surface area contributed by atoms with Crippen molar-refractivity contribution in [1.82, 2.24) is 25.4 Å². The van der Waals surface area contributed by atoms with Crippen LogP contribution in [0, 0.1) is 0 Å². The van der Waals surface area contributed by atoms with Gasteiger partial charge in [0.15, 0.2) is 0 Å². The van der Waals surface area contributed by atoms with Crippen LogP contribution in [0.5, 0.6) is 0 Å². The highest BCUT2D eigenvalue weighted by molar-refractivity contribution is 7.09. The lowest BCUT2D eigenvalue weighted by molar-refractivity contribution is -0.121. The fourth-order valence-electron chi connectivity index (χ4n) is 1.97. The molecule has 1 N–H and O–H groups in total. The Kier molecular flexibility index (Phi) is 5.05. The van der Waals surface area contributed by atoms with Gasteiger partial charge in [-0.1, -0.05) is 5.16 Å². The fourth-order valence-corrected chi connectivity index (χ4v) is 2.59. The number of amides is 1. The lowest BCUT2D eigenvalue weighted by atomic mass is 10.2. The predicted molar refractivity (Wildman–Crippen MR) is 84.7 cm³/mol. The van der Waals surface area contributed by atoms with Crippen molar-refractivity contribution in [2.75, 3.05) is 6.54 Å². The number of rotatable bonds is 7. The predicted octanol–water partition coefficient (Wildman–Crippen LogP) is 1.88. The van der Waals surface area contributed by atoms with Crippen LogP contribution < -0.4 is 5.32 Å². The molecule has 0 aliphatic heterocycles. The summed E-state index contributed by atoms with van der Waals surface area (Å²) >= 11 is 1.59. The molecular weight excluding hydrogens is 314 g/mol. The SMILES string of the molecule is O=C(CCc1nc(-c2ccncc2)no1)NCCc1nccs1. The molecular formula is C15H15N5O2S. The van der Waals surface area contributed by atoms with Gasteiger partial charge in [-0.3, -0.25) is 9.78 Å². The third-order valence-corrected chi connectivity index (χ3v) is 3.96. The van der Waals surface area contributed by atoms with Crippen molar-refractivity contribution in [3.63, 3.8) is 0 Å². The summed E-state index contributed by atoms with van der Waals surface area (Å²) in [5.74, 6) is 0.920. The van der Waals surface area contributed by atoms with E-state index in [9.17, 15) is 4.79 Å². The molecule has 0 aromatic carbocycles. The molecule has 0 fully saturated rings. The second-order valence-electron chi connectivity index (χ2n) is 4.77. The van der Waals surface area contributed by atoms with Gasteiger partial charge >= 0.3 is 0 Å². The number of hydrogen-bond acceptors (Lipinski definition) is 7. The van der Waals surface area contributed by atoms with Gasteiger partial charge in [-0.25, -0.2) is 4.98 Å². The zero-order chi connectivity index (χ0) is 15.9. The van der Waals surface area contributed by atoms with Crippen LogP contribution in [-0.4, -0.2) is 32.6 Å². The number of nitrogens with one attached hydrogen (secondary N) is 1. The zero-order valence-corrected chi connectivity index (χ0v) is 13.1. The summed E-state index contributed by atoms with van der Waals surface area (Å²) in [6.45, 7) is 0.582. The first-order valence-corrected chi connectivity index (χ1v) is 8.07. The maximum atomic E-state index is 11.8. The third-order valence-electron chi connectivity index (χ3n) is 3.12. The van der Waals surface area contributed by atoms with Crippen LogP contribution in [0.4, 0.5) is 0 Å². The van der Waals surface area contributed by atoms with Crippen LogP contribution in [0.2, 0.25) is 0 Å². The standard InChI is InChI=1S/C15H15N5O2S/c21-12(17-8-5-14-18-9-10-23-14)1-2-13-19-15(20-22-13)11-3-6-16-7-4-11/h3-4,6-7,9-10H,1-2,5,8H2,(H,17,21). The van der Waals surface area contributed by atoms with Gasteiger partial charge in [-0.05, 0) is 12.1 Å². The number of hydrogen-bond donors (Lipinski definition) is 1. The Morgan fingerprint density at radius 1 is 1.22 bits per heavy atom. The van der Waals surface area contributed by atoms with E-state index in [1.807, 2.05) is 5.38 Å². The summed E-state index contributed by atoms with van der Waals surface area (Å²) < 4.78 is 5.16. The highest BCUT2D eigenvalue weighted by atomic mass is 32.1. The van der Waals surface area contributed by atoms with Crippen molar-refractivity contribution < 1.29 is 9.32 Å². The number of carbonyl (C=O) groups is 1. The Hall–Kier alpha value is -2.61. The molecule has 3 aromatic rings. The van der Waals surface area contributed by atoms with Crippen molar-refractivity contribution in [1.29, 1.82) is 0 Å². The first-order valence-electron chi connectivity index (χ1n) is 7.19. The molecule has 0 aliphatic rings. The van der Waals surface area contributed by atoms with Crippen LogP contribution in [0.1, 0.15) is 17.3 Å². The molecule has 0 saturated carbocycles. The smallest absolute Gasteiger partial charge is 0.227 e. The topological polar surface area (TPSA) is 93.8 Å². The summed E-state index contributed by atoms with van der Waals surface area (Å²) in [5.41, 5.74) is 0.836. The van der Waals surface area contributed by atoms with Crippen molar-refractivity contribution in [2.24, 2.45) is 0 Å². The van der Waals surface area contributed by atoms with Crippen molar-refractivity contribution in [2.45, 2.75) is 19.3 Å². The van der Waals surface area contributed by atoms with Crippen molar-refractivity contribution >= 4 is 17.2 Å². The van der Waals surface area contributed by atoms with Gasteiger partial charge in [0.05, 0.1) is 5.01 Å². The molecule has 0 bridgehead atoms. The lowest BCUT2D eigenvalue weighted by Crippen LogP contribution is -2.25. The van der Waals surface area contributed by atoms with Gasteiger partial charge < -0.3 is 9.84 Å². The molecule has 0 spiro atoms. The van der Waals surface area contributed by atoms with Crippen molar-refractivity contribution in [3.8, 4) is 11.4 Å². The van der Waals surface area contributed by atoms with E-state index in [1.165, 1.54) is 0 Å². The molecule has 3 heterocycles. The Labute approximate surface area is 136 Å². The molecule has 3 rings (SSSR count). The van der Waals surface area contributed by atoms with Gasteiger partial charge in [-0.2, -0.15) is 4.98 Å². The molecule has 3 aromatic heterocycles. The number of nitrogens with zero attached hydrogens (tertiary/aromatic N) is 4. The number of aryl methyl sites for hydroxylation is 1. The number of carbonyl (C=O) groups excluding carboxylic acids is 1. The van der Waals surface area contributed by atoms with E-state index in [0.29, 0.717) is 31.1 Å². The van der Waals surface area contributed by atoms with Gasteiger partial charge in [0.1, 0.15) is 0 Å². The molecule has 8 heteroatoms. The van der Waals surface area contributed by atoms with E-state index in [1.54, 1.807) is 42.1 Å². The molecule has 0 saturated heterocycles. The van der Waals surface area contributed by atoms with Crippen molar-refractivity contribution in [3.05, 3.63) is 47.0 Å². The average Bonchev–Trinajstić information content (AvgIpc) is 3.25. The van der Waals surface area contributed by atoms with E-state index in [-0.39, 0.29) is 5.91 Å². The Morgan fingerprint density at radius 3 is 2.87 bits per heavy atom. The first-order chi connectivity index (χ1) is 11.3. The maximum absolute atomic E-state index is 11.8. The van der Waals surface area contributed by atoms with Gasteiger partial charge in [0.2, 0.25) is 17.6 Å². The molecule has 1 amide bonds. The largest absolute Gasteiger partial charge is 0.356 e. The molecule has 0 unspecified atom stereocenters. The van der Waals surface area contributed by atoms with E-state index >= 15 is 0 Å². The van der Waals surface area contributed by atoms with Crippen LogP contribution in [0.3, 0.4) is 0 Å². The second-order valence-corrected chi connectivity index (χ2v) is 5.75. The maximum Gasteiger partial charge on any atom is 0.227 e. The van der Waals surface area contributed by atoms with Gasteiger partial charge in [-0.15, -0.1) is 11.3 Å². The summed E-state index contributed by atoms with van der Waals surface area (Å²) in [5, 5.41) is 9.71. The molecule has 118 valence electrons. The minimum atomic E-state index is -0.0368. The summed E-state index contributed by atoms with van der Waals surface area (Å²) in [6, 6.07) is 3.61. The van der Waals surface area contributed by atoms with Gasteiger partial charge in [0, 0.05) is 55.3 Å². The summed E-state index contributed by atoms with van der Waals surface area (Å²) in [6.07, 6.45) is 6.58. The van der Waals surface area contributed by atoms with E-state index in [2.05, 4.69) is 25.4 Å². The zero-order valence-electron chi connectivity index (χ0n) is 12.3. The average molecular weight is 329 g/mol. The summed E-state index contributed by atoms with van der Waals surface area (Å²) in [7, 11) is 0. The van der Waals surface area contributed by atoms with E-state index in [4.69, 9.17) is 4.52 Å². The minimum absolute atomic E-state index is 0.0368. The fraction of sp³-hybridized carbons (Fsp3) is 0.267. The molecule has 0 aliphatic carbocycles. The number of aromatic nitrogens is 4. The third kappa shape index (κ3) is 4.43. The van der Waals surface area contributed by atoms with Gasteiger partial charge in [0.25, 0.3) is 0 Å². The van der Waals surface area contributed by atoms with E-state index < -0.39 is 0 Å². The Bertz CT molecular complexity index is 742. The molecule has 7 nitrogen and oxygen atoms in total. The van der Waals surface area contributed by atoms with Crippen LogP contribution in [-0.2, 0) is 17.6 Å². The number of thiazole rings is 1. The Balaban J connectivity index is 1.43. The molecule has 0 radical (unpaired) electrons. The monoisotopic (exact) mass is 329 g/mol. The first kappa shape index (κ1) is 15.3. The van der Waals surface area contributed by atoms with Crippen LogP contribution in [0.15, 0.2) is 40.6 Å². The van der Waals surface area contributed by atoms with Crippen LogP contribution in [0.25, 0.3) is 11.4 Å². The quantitative estimate of drug-likeness (QED) is 0.711.